The molecule has 4 nitrogen and oxygen atoms in total. The topological polar surface area (TPSA) is 44.1 Å². The normalized spacial score (nSPS) is 18.4. The number of hydrogen-bond donors (Lipinski definition) is 0. The molecule has 1 atom stereocenters. The number of aromatic nitrogens is 2. The minimum Gasteiger partial charge on any atom is -0.454 e. The van der Waals surface area contributed by atoms with Gasteiger partial charge >= 0.3 is 5.97 Å². The van der Waals surface area contributed by atoms with Crippen LogP contribution in [0, 0.1) is 6.92 Å². The first-order chi connectivity index (χ1) is 9.56. The molecular weight excluding hydrogens is 252 g/mol. The van der Waals surface area contributed by atoms with Gasteiger partial charge in [-0.2, -0.15) is 5.10 Å². The van der Waals surface area contributed by atoms with Crippen LogP contribution in [0.2, 0.25) is 0 Å². The maximum atomic E-state index is 11.6. The van der Waals surface area contributed by atoms with Crippen molar-refractivity contribution in [2.45, 2.75) is 19.4 Å². The van der Waals surface area contributed by atoms with Crippen LogP contribution in [0.15, 0.2) is 42.7 Å². The molecule has 1 fully saturated rings. The first kappa shape index (κ1) is 12.7. The molecule has 0 N–H and O–H groups in total. The molecule has 0 saturated carbocycles. The van der Waals surface area contributed by atoms with Crippen molar-refractivity contribution in [3.05, 3.63) is 53.9 Å². The summed E-state index contributed by atoms with van der Waals surface area (Å²) in [7, 11) is 1.89. The lowest BCUT2D eigenvalue weighted by atomic mass is 9.92. The molecule has 20 heavy (non-hydrogen) atoms. The van der Waals surface area contributed by atoms with Crippen LogP contribution in [0.5, 0.6) is 0 Å². The molecule has 0 radical (unpaired) electrons. The Balaban J connectivity index is 2.10. The van der Waals surface area contributed by atoms with Crippen molar-refractivity contribution < 1.29 is 9.53 Å². The fourth-order valence-corrected chi connectivity index (χ4v) is 2.64. The third-order valence-electron chi connectivity index (χ3n) is 3.63. The summed E-state index contributed by atoms with van der Waals surface area (Å²) in [5.41, 5.74) is 4.78. The second-order valence-corrected chi connectivity index (χ2v) is 5.14. The number of nitrogens with zero attached hydrogens (tertiary/aromatic N) is 2. The van der Waals surface area contributed by atoms with E-state index in [-0.39, 0.29) is 12.1 Å². The number of aryl methyl sites for hydroxylation is 2. The fourth-order valence-electron chi connectivity index (χ4n) is 2.64. The number of benzene rings is 1. The summed E-state index contributed by atoms with van der Waals surface area (Å²) in [6, 6.07) is 6.07. The summed E-state index contributed by atoms with van der Waals surface area (Å²) in [4.78, 5) is 11.6. The van der Waals surface area contributed by atoms with Gasteiger partial charge in [0.2, 0.25) is 0 Å². The molecule has 2 aromatic rings. The Hall–Kier alpha value is -2.36. The molecule has 0 bridgehead atoms. The van der Waals surface area contributed by atoms with Gasteiger partial charge in [0.05, 0.1) is 6.20 Å². The van der Waals surface area contributed by atoms with E-state index in [2.05, 4.69) is 11.7 Å². The van der Waals surface area contributed by atoms with Crippen molar-refractivity contribution in [3.8, 4) is 11.1 Å². The monoisotopic (exact) mass is 268 g/mol. The Bertz CT molecular complexity index is 684. The van der Waals surface area contributed by atoms with Crippen LogP contribution < -0.4 is 0 Å². The average molecular weight is 268 g/mol. The van der Waals surface area contributed by atoms with Gasteiger partial charge in [-0.3, -0.25) is 4.68 Å². The Morgan fingerprint density at radius 1 is 1.45 bits per heavy atom. The SMILES string of the molecule is C=C1CC(c2c(C)cccc2-c2cnn(C)c2)OC1=O. The molecule has 1 aromatic carbocycles. The standard InChI is InChI=1S/C16H16N2O2/c1-10-5-4-6-13(12-8-17-18(3)9-12)15(10)14-7-11(2)16(19)20-14/h4-6,8-9,14H,2,7H2,1,3H3. The van der Waals surface area contributed by atoms with Crippen molar-refractivity contribution in [2.24, 2.45) is 7.05 Å². The van der Waals surface area contributed by atoms with Crippen molar-refractivity contribution in [1.29, 1.82) is 0 Å². The lowest BCUT2D eigenvalue weighted by Crippen LogP contribution is -2.03. The van der Waals surface area contributed by atoms with E-state index in [4.69, 9.17) is 4.74 Å². The van der Waals surface area contributed by atoms with Crippen LogP contribution in [0.25, 0.3) is 11.1 Å². The smallest absolute Gasteiger partial charge is 0.334 e. The summed E-state index contributed by atoms with van der Waals surface area (Å²) in [6.07, 6.45) is 4.09. The van der Waals surface area contributed by atoms with E-state index in [0.29, 0.717) is 12.0 Å². The largest absolute Gasteiger partial charge is 0.454 e. The molecule has 0 aliphatic carbocycles. The zero-order chi connectivity index (χ0) is 14.3. The van der Waals surface area contributed by atoms with E-state index in [9.17, 15) is 4.79 Å². The number of ether oxygens (including phenoxy) is 1. The minimum absolute atomic E-state index is 0.244. The van der Waals surface area contributed by atoms with E-state index >= 15 is 0 Å². The molecular formula is C16H16N2O2. The second kappa shape index (κ2) is 4.63. The van der Waals surface area contributed by atoms with Crippen molar-refractivity contribution >= 4 is 5.97 Å². The highest BCUT2D eigenvalue weighted by molar-refractivity contribution is 5.90. The number of carbonyl (C=O) groups excluding carboxylic acids is 1. The molecule has 1 aromatic heterocycles. The summed E-state index contributed by atoms with van der Waals surface area (Å²) in [5.74, 6) is -0.296. The van der Waals surface area contributed by atoms with Gasteiger partial charge in [0.15, 0.2) is 0 Å². The number of carbonyl (C=O) groups is 1. The second-order valence-electron chi connectivity index (χ2n) is 5.14. The zero-order valence-corrected chi connectivity index (χ0v) is 11.6. The Labute approximate surface area is 117 Å². The van der Waals surface area contributed by atoms with Crippen LogP contribution in [-0.4, -0.2) is 15.7 Å². The van der Waals surface area contributed by atoms with Gasteiger partial charge in [0.25, 0.3) is 0 Å². The third kappa shape index (κ3) is 2.03. The van der Waals surface area contributed by atoms with Crippen molar-refractivity contribution in [1.82, 2.24) is 9.78 Å². The van der Waals surface area contributed by atoms with E-state index in [1.54, 1.807) is 4.68 Å². The Morgan fingerprint density at radius 2 is 2.25 bits per heavy atom. The summed E-state index contributed by atoms with van der Waals surface area (Å²) in [6.45, 7) is 5.79. The Kier molecular flexibility index (Phi) is 2.93. The van der Waals surface area contributed by atoms with E-state index in [1.165, 1.54) is 0 Å². The van der Waals surface area contributed by atoms with E-state index in [0.717, 1.165) is 22.3 Å². The number of esters is 1. The molecule has 1 aliphatic heterocycles. The van der Waals surface area contributed by atoms with Crippen LogP contribution in [0.3, 0.4) is 0 Å². The third-order valence-corrected chi connectivity index (χ3v) is 3.63. The average Bonchev–Trinajstić information content (AvgIpc) is 2.96. The van der Waals surface area contributed by atoms with E-state index < -0.39 is 0 Å². The summed E-state index contributed by atoms with van der Waals surface area (Å²) in [5, 5.41) is 4.21. The predicted molar refractivity (Wildman–Crippen MR) is 76.0 cm³/mol. The van der Waals surface area contributed by atoms with Gasteiger partial charge in [-0.1, -0.05) is 24.8 Å². The maximum absolute atomic E-state index is 11.6. The van der Waals surface area contributed by atoms with Gasteiger partial charge in [-0.25, -0.2) is 4.79 Å². The number of rotatable bonds is 2. The Morgan fingerprint density at radius 3 is 2.85 bits per heavy atom. The first-order valence-electron chi connectivity index (χ1n) is 6.53. The van der Waals surface area contributed by atoms with Crippen LogP contribution >= 0.6 is 0 Å². The van der Waals surface area contributed by atoms with Gasteiger partial charge in [-0.05, 0) is 18.1 Å². The highest BCUT2D eigenvalue weighted by atomic mass is 16.5. The highest BCUT2D eigenvalue weighted by Gasteiger charge is 2.31. The maximum Gasteiger partial charge on any atom is 0.334 e. The van der Waals surface area contributed by atoms with Crippen molar-refractivity contribution in [2.75, 3.05) is 0 Å². The molecule has 0 spiro atoms. The van der Waals surface area contributed by atoms with Crippen LogP contribution in [0.4, 0.5) is 0 Å². The molecule has 0 amide bonds. The van der Waals surface area contributed by atoms with Gasteiger partial charge < -0.3 is 4.74 Å². The zero-order valence-electron chi connectivity index (χ0n) is 11.6. The number of cyclic esters (lactones) is 1. The van der Waals surface area contributed by atoms with Crippen LogP contribution in [-0.2, 0) is 16.6 Å². The lowest BCUT2D eigenvalue weighted by Gasteiger charge is -2.16. The van der Waals surface area contributed by atoms with Gasteiger partial charge in [0.1, 0.15) is 6.10 Å². The summed E-state index contributed by atoms with van der Waals surface area (Å²) < 4.78 is 7.21. The van der Waals surface area contributed by atoms with E-state index in [1.807, 2.05) is 44.6 Å². The lowest BCUT2D eigenvalue weighted by molar-refractivity contribution is -0.139. The van der Waals surface area contributed by atoms with Gasteiger partial charge in [0, 0.05) is 36.4 Å². The molecule has 2 heterocycles. The highest BCUT2D eigenvalue weighted by Crippen LogP contribution is 2.39. The molecule has 102 valence electrons. The first-order valence-corrected chi connectivity index (χ1v) is 6.53. The molecule has 1 aliphatic rings. The minimum atomic E-state index is -0.296. The number of hydrogen-bond acceptors (Lipinski definition) is 3. The molecule has 1 saturated heterocycles. The van der Waals surface area contributed by atoms with Crippen LogP contribution in [0.1, 0.15) is 23.7 Å². The quantitative estimate of drug-likeness (QED) is 0.621. The molecule has 3 rings (SSSR count). The molecule has 1 unspecified atom stereocenters. The summed E-state index contributed by atoms with van der Waals surface area (Å²) >= 11 is 0. The predicted octanol–water partition coefficient (Wildman–Crippen LogP) is 2.94. The van der Waals surface area contributed by atoms with Gasteiger partial charge in [-0.15, -0.1) is 0 Å². The molecule has 4 heteroatoms. The fraction of sp³-hybridized carbons (Fsp3) is 0.250. The van der Waals surface area contributed by atoms with Crippen molar-refractivity contribution in [3.63, 3.8) is 0 Å².